The average molecular weight is 373 g/mol. The summed E-state index contributed by atoms with van der Waals surface area (Å²) in [5, 5.41) is 21.2. The number of rotatable bonds is 4. The molecule has 4 rings (SSSR count). The molecule has 2 fully saturated rings. The van der Waals surface area contributed by atoms with E-state index in [1.165, 1.54) is 24.3 Å². The minimum atomic E-state index is -0.776. The molecule has 0 spiro atoms. The fraction of sp³-hybridized carbons (Fsp3) is 0.368. The molecular formula is C19H19NO7. The molecule has 2 aromatic carbocycles. The number of aliphatic hydroxyl groups is 1. The maximum absolute atomic E-state index is 10.7. The topological polar surface area (TPSA) is 100 Å². The molecule has 2 aromatic rings. The predicted molar refractivity (Wildman–Crippen MR) is 93.0 cm³/mol. The highest BCUT2D eigenvalue weighted by atomic mass is 16.7. The standard InChI is InChI=1S/C19H19NO7/c21-15-10-17(25-14-8-6-13(7-9-14)20(22)23)26-16-11-24-19(27-18(15)16)12-4-2-1-3-5-12/h1-9,15-19,21H,10-11H2/t15-,16-,17-,18-,19+/m0/s1. The summed E-state index contributed by atoms with van der Waals surface area (Å²) in [6, 6.07) is 15.2. The van der Waals surface area contributed by atoms with Crippen LogP contribution in [0, 0.1) is 10.1 Å². The highest BCUT2D eigenvalue weighted by Crippen LogP contribution is 2.34. The lowest BCUT2D eigenvalue weighted by atomic mass is 10.0. The van der Waals surface area contributed by atoms with Gasteiger partial charge in [0.25, 0.3) is 5.69 Å². The third-order valence-corrected chi connectivity index (χ3v) is 4.59. The van der Waals surface area contributed by atoms with Gasteiger partial charge in [-0.05, 0) is 12.1 Å². The molecule has 8 heteroatoms. The van der Waals surface area contributed by atoms with Crippen LogP contribution in [-0.2, 0) is 14.2 Å². The molecule has 5 atom stereocenters. The van der Waals surface area contributed by atoms with E-state index in [0.717, 1.165) is 5.56 Å². The third-order valence-electron chi connectivity index (χ3n) is 4.59. The largest absolute Gasteiger partial charge is 0.465 e. The van der Waals surface area contributed by atoms with Crippen LogP contribution in [-0.4, -0.2) is 41.2 Å². The van der Waals surface area contributed by atoms with Crippen molar-refractivity contribution in [2.24, 2.45) is 0 Å². The number of hydrogen-bond acceptors (Lipinski definition) is 7. The van der Waals surface area contributed by atoms with Gasteiger partial charge in [0.05, 0.1) is 17.6 Å². The first-order chi connectivity index (χ1) is 13.1. The number of nitro groups is 1. The van der Waals surface area contributed by atoms with Crippen molar-refractivity contribution in [3.05, 3.63) is 70.3 Å². The maximum Gasteiger partial charge on any atom is 0.269 e. The van der Waals surface area contributed by atoms with Crippen LogP contribution in [0.15, 0.2) is 54.6 Å². The molecule has 2 saturated heterocycles. The normalized spacial score (nSPS) is 30.3. The van der Waals surface area contributed by atoms with Crippen LogP contribution in [0.5, 0.6) is 5.75 Å². The summed E-state index contributed by atoms with van der Waals surface area (Å²) >= 11 is 0. The van der Waals surface area contributed by atoms with Gasteiger partial charge in [0.1, 0.15) is 18.0 Å². The molecule has 142 valence electrons. The Kier molecular flexibility index (Phi) is 5.04. The Bertz CT molecular complexity index is 782. The molecule has 2 heterocycles. The van der Waals surface area contributed by atoms with Gasteiger partial charge in [-0.3, -0.25) is 10.1 Å². The van der Waals surface area contributed by atoms with Crippen molar-refractivity contribution >= 4 is 5.69 Å². The van der Waals surface area contributed by atoms with Gasteiger partial charge in [-0.2, -0.15) is 0 Å². The second-order valence-electron chi connectivity index (χ2n) is 6.45. The SMILES string of the molecule is O=[N+]([O-])c1ccc(O[C@@H]2C[C@H](O)[C@@H]3O[C@H](c4ccccc4)OC[C@@H]3O2)cc1. The van der Waals surface area contributed by atoms with Crippen LogP contribution < -0.4 is 4.74 Å². The van der Waals surface area contributed by atoms with Crippen LogP contribution in [0.3, 0.4) is 0 Å². The quantitative estimate of drug-likeness (QED) is 0.649. The second kappa shape index (κ2) is 7.61. The first-order valence-corrected chi connectivity index (χ1v) is 8.67. The fourth-order valence-corrected chi connectivity index (χ4v) is 3.24. The number of aliphatic hydroxyl groups excluding tert-OH is 1. The van der Waals surface area contributed by atoms with E-state index in [4.69, 9.17) is 18.9 Å². The molecule has 27 heavy (non-hydrogen) atoms. The highest BCUT2D eigenvalue weighted by molar-refractivity contribution is 5.36. The van der Waals surface area contributed by atoms with E-state index < -0.39 is 35.8 Å². The van der Waals surface area contributed by atoms with Gasteiger partial charge in [0.15, 0.2) is 6.29 Å². The number of non-ortho nitro benzene ring substituents is 1. The highest BCUT2D eigenvalue weighted by Gasteiger charge is 2.44. The summed E-state index contributed by atoms with van der Waals surface area (Å²) in [5.74, 6) is 0.427. The Labute approximate surface area is 155 Å². The van der Waals surface area contributed by atoms with E-state index in [-0.39, 0.29) is 18.7 Å². The second-order valence-corrected chi connectivity index (χ2v) is 6.45. The molecule has 0 amide bonds. The monoisotopic (exact) mass is 373 g/mol. The molecule has 0 saturated carbocycles. The van der Waals surface area contributed by atoms with Crippen molar-refractivity contribution in [1.82, 2.24) is 0 Å². The van der Waals surface area contributed by atoms with Gasteiger partial charge >= 0.3 is 0 Å². The molecule has 0 aromatic heterocycles. The van der Waals surface area contributed by atoms with Crippen molar-refractivity contribution in [2.45, 2.75) is 37.3 Å². The molecule has 0 radical (unpaired) electrons. The number of nitro benzene ring substituents is 1. The Morgan fingerprint density at radius 1 is 1.07 bits per heavy atom. The lowest BCUT2D eigenvalue weighted by Crippen LogP contribution is -2.55. The van der Waals surface area contributed by atoms with Gasteiger partial charge in [-0.15, -0.1) is 0 Å². The molecule has 0 unspecified atom stereocenters. The van der Waals surface area contributed by atoms with Gasteiger partial charge in [-0.25, -0.2) is 0 Å². The minimum absolute atomic E-state index is 0.0203. The fourth-order valence-electron chi connectivity index (χ4n) is 3.24. The van der Waals surface area contributed by atoms with E-state index in [9.17, 15) is 15.2 Å². The smallest absolute Gasteiger partial charge is 0.269 e. The van der Waals surface area contributed by atoms with Crippen molar-refractivity contribution < 1.29 is 29.0 Å². The molecule has 1 N–H and O–H groups in total. The first-order valence-electron chi connectivity index (χ1n) is 8.67. The Balaban J connectivity index is 1.38. The van der Waals surface area contributed by atoms with Crippen molar-refractivity contribution in [1.29, 1.82) is 0 Å². The molecule has 0 bridgehead atoms. The summed E-state index contributed by atoms with van der Waals surface area (Å²) in [6.07, 6.45) is -2.76. The number of benzene rings is 2. The van der Waals surface area contributed by atoms with Crippen molar-refractivity contribution in [3.8, 4) is 5.75 Å². The number of ether oxygens (including phenoxy) is 4. The Morgan fingerprint density at radius 3 is 2.52 bits per heavy atom. The number of hydrogen-bond donors (Lipinski definition) is 1. The molecule has 2 aliphatic rings. The van der Waals surface area contributed by atoms with E-state index in [2.05, 4.69) is 0 Å². The zero-order valence-corrected chi connectivity index (χ0v) is 14.3. The van der Waals surface area contributed by atoms with Gasteiger partial charge in [0, 0.05) is 24.1 Å². The van der Waals surface area contributed by atoms with Crippen LogP contribution in [0.4, 0.5) is 5.69 Å². The lowest BCUT2D eigenvalue weighted by molar-refractivity contribution is -0.384. The first kappa shape index (κ1) is 17.9. The van der Waals surface area contributed by atoms with E-state index in [1.54, 1.807) is 0 Å². The molecule has 0 aliphatic carbocycles. The van der Waals surface area contributed by atoms with Crippen LogP contribution in [0.2, 0.25) is 0 Å². The summed E-state index contributed by atoms with van der Waals surface area (Å²) in [5.41, 5.74) is 0.862. The zero-order valence-electron chi connectivity index (χ0n) is 14.3. The van der Waals surface area contributed by atoms with Crippen molar-refractivity contribution in [2.75, 3.05) is 6.61 Å². The third kappa shape index (κ3) is 3.93. The Morgan fingerprint density at radius 2 is 1.81 bits per heavy atom. The average Bonchev–Trinajstić information content (AvgIpc) is 2.69. The van der Waals surface area contributed by atoms with E-state index in [1.807, 2.05) is 30.3 Å². The Hall–Kier alpha value is -2.52. The zero-order chi connectivity index (χ0) is 18.8. The van der Waals surface area contributed by atoms with Gasteiger partial charge < -0.3 is 24.1 Å². The minimum Gasteiger partial charge on any atom is -0.465 e. The summed E-state index contributed by atoms with van der Waals surface area (Å²) in [6.45, 7) is 0.265. The van der Waals surface area contributed by atoms with Crippen molar-refractivity contribution in [3.63, 3.8) is 0 Å². The predicted octanol–water partition coefficient (Wildman–Crippen LogP) is 2.56. The van der Waals surface area contributed by atoms with Gasteiger partial charge in [-0.1, -0.05) is 30.3 Å². The summed E-state index contributed by atoms with van der Waals surface area (Å²) in [7, 11) is 0. The number of fused-ring (bicyclic) bond motifs is 1. The van der Waals surface area contributed by atoms with Crippen LogP contribution >= 0.6 is 0 Å². The summed E-state index contributed by atoms with van der Waals surface area (Å²) in [4.78, 5) is 10.2. The van der Waals surface area contributed by atoms with Crippen LogP contribution in [0.1, 0.15) is 18.3 Å². The summed E-state index contributed by atoms with van der Waals surface area (Å²) < 4.78 is 23.2. The molecular weight excluding hydrogens is 354 g/mol. The number of nitrogens with zero attached hydrogens (tertiary/aromatic N) is 1. The van der Waals surface area contributed by atoms with E-state index in [0.29, 0.717) is 5.75 Å². The van der Waals surface area contributed by atoms with Crippen LogP contribution in [0.25, 0.3) is 0 Å². The van der Waals surface area contributed by atoms with E-state index >= 15 is 0 Å². The lowest BCUT2D eigenvalue weighted by Gasteiger charge is -2.44. The molecule has 8 nitrogen and oxygen atoms in total. The van der Waals surface area contributed by atoms with Gasteiger partial charge in [0.2, 0.25) is 6.29 Å². The molecule has 2 aliphatic heterocycles. The maximum atomic E-state index is 10.7.